The fourth-order valence-electron chi connectivity index (χ4n) is 2.16. The normalized spacial score (nSPS) is 15.2. The van der Waals surface area contributed by atoms with Gasteiger partial charge in [-0.2, -0.15) is 5.10 Å². The lowest BCUT2D eigenvalue weighted by Crippen LogP contribution is -2.16. The van der Waals surface area contributed by atoms with Crippen molar-refractivity contribution in [3.63, 3.8) is 0 Å². The Morgan fingerprint density at radius 3 is 2.94 bits per heavy atom. The van der Waals surface area contributed by atoms with Gasteiger partial charge in [-0.25, -0.2) is 0 Å². The van der Waals surface area contributed by atoms with Crippen molar-refractivity contribution in [1.29, 1.82) is 0 Å². The van der Waals surface area contributed by atoms with Crippen LogP contribution >= 0.6 is 0 Å². The van der Waals surface area contributed by atoms with Crippen molar-refractivity contribution in [1.82, 2.24) is 20.3 Å². The van der Waals surface area contributed by atoms with E-state index in [0.717, 1.165) is 30.4 Å². The maximum absolute atomic E-state index is 4.85. The molecule has 0 aromatic carbocycles. The number of nitrogens with one attached hydrogen (secondary N) is 1. The second-order valence-electron chi connectivity index (χ2n) is 4.99. The quantitative estimate of drug-likeness (QED) is 0.874. The first-order valence-electron chi connectivity index (χ1n) is 6.38. The highest BCUT2D eigenvalue weighted by Crippen LogP contribution is 2.21. The van der Waals surface area contributed by atoms with Gasteiger partial charge >= 0.3 is 0 Å². The summed E-state index contributed by atoms with van der Waals surface area (Å²) in [5, 5.41) is 11.8. The Labute approximate surface area is 106 Å². The van der Waals surface area contributed by atoms with Gasteiger partial charge in [0.05, 0.1) is 18.4 Å². The van der Waals surface area contributed by atoms with Crippen molar-refractivity contribution in [2.24, 2.45) is 0 Å². The zero-order valence-electron chi connectivity index (χ0n) is 10.8. The van der Waals surface area contributed by atoms with E-state index in [0.29, 0.717) is 0 Å². The Hall–Kier alpha value is -1.62. The van der Waals surface area contributed by atoms with Crippen LogP contribution in [0.15, 0.2) is 17.0 Å². The van der Waals surface area contributed by atoms with E-state index in [1.54, 1.807) is 12.5 Å². The van der Waals surface area contributed by atoms with Crippen molar-refractivity contribution in [3.8, 4) is 0 Å². The third kappa shape index (κ3) is 2.31. The zero-order chi connectivity index (χ0) is 12.5. The lowest BCUT2D eigenvalue weighted by atomic mass is 10.2. The Bertz CT molecular complexity index is 525. The average molecular weight is 246 g/mol. The van der Waals surface area contributed by atoms with Gasteiger partial charge < -0.3 is 9.84 Å². The molecule has 1 aliphatic carbocycles. The molecule has 0 amide bonds. The molecule has 1 aliphatic rings. The SMILES string of the molecule is Cc1nn(Cc2cnoc2)c(C)c1CNC1CC1. The van der Waals surface area contributed by atoms with E-state index >= 15 is 0 Å². The molecule has 0 bridgehead atoms. The average Bonchev–Trinajstić information content (AvgIpc) is 2.96. The van der Waals surface area contributed by atoms with Crippen molar-refractivity contribution in [2.45, 2.75) is 45.8 Å². The van der Waals surface area contributed by atoms with Crippen LogP contribution in [0.25, 0.3) is 0 Å². The van der Waals surface area contributed by atoms with Gasteiger partial charge in [0.15, 0.2) is 0 Å². The molecule has 0 aliphatic heterocycles. The summed E-state index contributed by atoms with van der Waals surface area (Å²) in [4.78, 5) is 0. The van der Waals surface area contributed by atoms with Crippen LogP contribution in [0, 0.1) is 13.8 Å². The van der Waals surface area contributed by atoms with E-state index in [2.05, 4.69) is 29.4 Å². The van der Waals surface area contributed by atoms with Crippen LogP contribution < -0.4 is 5.32 Å². The zero-order valence-corrected chi connectivity index (χ0v) is 10.8. The van der Waals surface area contributed by atoms with E-state index in [4.69, 9.17) is 4.52 Å². The standard InChI is InChI=1S/C13H18N4O/c1-9-13(6-14-12-3-4-12)10(2)17(16-9)7-11-5-15-18-8-11/h5,8,12,14H,3-4,6-7H2,1-2H3. The first-order valence-corrected chi connectivity index (χ1v) is 6.38. The molecular weight excluding hydrogens is 228 g/mol. The van der Waals surface area contributed by atoms with Gasteiger partial charge in [0.1, 0.15) is 6.26 Å². The molecule has 1 fully saturated rings. The summed E-state index contributed by atoms with van der Waals surface area (Å²) in [5.74, 6) is 0. The summed E-state index contributed by atoms with van der Waals surface area (Å²) in [6.07, 6.45) is 6.02. The molecule has 0 atom stereocenters. The highest BCUT2D eigenvalue weighted by Gasteiger charge is 2.21. The maximum atomic E-state index is 4.85. The van der Waals surface area contributed by atoms with E-state index in [1.807, 2.05) is 4.68 Å². The van der Waals surface area contributed by atoms with Crippen LogP contribution in [0.3, 0.4) is 0 Å². The van der Waals surface area contributed by atoms with Crippen molar-refractivity contribution >= 4 is 0 Å². The summed E-state index contributed by atoms with van der Waals surface area (Å²) in [6.45, 7) is 5.84. The topological polar surface area (TPSA) is 55.9 Å². The lowest BCUT2D eigenvalue weighted by molar-refractivity contribution is 0.418. The van der Waals surface area contributed by atoms with Crippen LogP contribution in [0.5, 0.6) is 0 Å². The Balaban J connectivity index is 1.75. The highest BCUT2D eigenvalue weighted by molar-refractivity contribution is 5.25. The third-order valence-corrected chi connectivity index (χ3v) is 3.49. The minimum absolute atomic E-state index is 0.722. The molecule has 5 heteroatoms. The molecule has 1 N–H and O–H groups in total. The summed E-state index contributed by atoms with van der Waals surface area (Å²) < 4.78 is 6.87. The van der Waals surface area contributed by atoms with Crippen LogP contribution in [0.1, 0.15) is 35.4 Å². The van der Waals surface area contributed by atoms with Crippen LogP contribution in [0.2, 0.25) is 0 Å². The van der Waals surface area contributed by atoms with E-state index in [9.17, 15) is 0 Å². The second kappa shape index (κ2) is 4.57. The number of nitrogens with zero attached hydrogens (tertiary/aromatic N) is 3. The molecule has 18 heavy (non-hydrogen) atoms. The number of rotatable bonds is 5. The molecule has 0 radical (unpaired) electrons. The highest BCUT2D eigenvalue weighted by atomic mass is 16.5. The Kier molecular flexibility index (Phi) is 2.91. The van der Waals surface area contributed by atoms with Crippen molar-refractivity contribution in [3.05, 3.63) is 35.0 Å². The summed E-state index contributed by atoms with van der Waals surface area (Å²) in [7, 11) is 0. The minimum atomic E-state index is 0.722. The van der Waals surface area contributed by atoms with E-state index < -0.39 is 0 Å². The third-order valence-electron chi connectivity index (χ3n) is 3.49. The minimum Gasteiger partial charge on any atom is -0.364 e. The second-order valence-corrected chi connectivity index (χ2v) is 4.99. The summed E-state index contributed by atoms with van der Waals surface area (Å²) in [5.41, 5.74) is 4.69. The van der Waals surface area contributed by atoms with Gasteiger partial charge in [-0.05, 0) is 26.7 Å². The van der Waals surface area contributed by atoms with Crippen LogP contribution in [-0.2, 0) is 13.1 Å². The molecule has 1 saturated carbocycles. The first kappa shape index (κ1) is 11.5. The smallest absolute Gasteiger partial charge is 0.128 e. The van der Waals surface area contributed by atoms with Crippen LogP contribution in [0.4, 0.5) is 0 Å². The molecule has 5 nitrogen and oxygen atoms in total. The van der Waals surface area contributed by atoms with Crippen molar-refractivity contribution < 1.29 is 4.52 Å². The predicted octanol–water partition coefficient (Wildman–Crippen LogP) is 1.79. The molecule has 0 spiro atoms. The number of aromatic nitrogens is 3. The molecule has 0 saturated heterocycles. The molecule has 2 aromatic heterocycles. The van der Waals surface area contributed by atoms with Gasteiger partial charge in [-0.15, -0.1) is 0 Å². The maximum Gasteiger partial charge on any atom is 0.128 e. The first-order chi connectivity index (χ1) is 8.74. The largest absolute Gasteiger partial charge is 0.364 e. The molecule has 2 heterocycles. The number of hydrogen-bond donors (Lipinski definition) is 1. The fourth-order valence-corrected chi connectivity index (χ4v) is 2.16. The van der Waals surface area contributed by atoms with Gasteiger partial charge in [0.2, 0.25) is 0 Å². The van der Waals surface area contributed by atoms with Gasteiger partial charge in [0.25, 0.3) is 0 Å². The predicted molar refractivity (Wildman–Crippen MR) is 67.2 cm³/mol. The van der Waals surface area contributed by atoms with E-state index in [-0.39, 0.29) is 0 Å². The molecule has 96 valence electrons. The fraction of sp³-hybridized carbons (Fsp3) is 0.538. The van der Waals surface area contributed by atoms with Gasteiger partial charge in [0, 0.05) is 29.4 Å². The van der Waals surface area contributed by atoms with E-state index in [1.165, 1.54) is 24.1 Å². The molecule has 2 aromatic rings. The molecular formula is C13H18N4O. The lowest BCUT2D eigenvalue weighted by Gasteiger charge is -2.05. The summed E-state index contributed by atoms with van der Waals surface area (Å²) in [6, 6.07) is 0.727. The van der Waals surface area contributed by atoms with Gasteiger partial charge in [-0.1, -0.05) is 5.16 Å². The Morgan fingerprint density at radius 1 is 1.44 bits per heavy atom. The monoisotopic (exact) mass is 246 g/mol. The number of aryl methyl sites for hydroxylation is 1. The summed E-state index contributed by atoms with van der Waals surface area (Å²) >= 11 is 0. The molecule has 3 rings (SSSR count). The van der Waals surface area contributed by atoms with Crippen molar-refractivity contribution in [2.75, 3.05) is 0 Å². The molecule has 0 unspecified atom stereocenters. The Morgan fingerprint density at radius 2 is 2.28 bits per heavy atom. The van der Waals surface area contributed by atoms with Crippen LogP contribution in [-0.4, -0.2) is 21.0 Å². The number of hydrogen-bond acceptors (Lipinski definition) is 4. The van der Waals surface area contributed by atoms with Gasteiger partial charge in [-0.3, -0.25) is 4.68 Å².